The largest absolute Gasteiger partial charge is 0.398 e. The monoisotopic (exact) mass is 338 g/mol. The molecule has 5 nitrogen and oxygen atoms in total. The van der Waals surface area contributed by atoms with Gasteiger partial charge in [0.15, 0.2) is 0 Å². The van der Waals surface area contributed by atoms with Crippen LogP contribution in [-0.4, -0.2) is 41.2 Å². The average Bonchev–Trinajstić information content (AvgIpc) is 3.00. The summed E-state index contributed by atoms with van der Waals surface area (Å²) in [5.41, 5.74) is 11.5. The van der Waals surface area contributed by atoms with Gasteiger partial charge in [0.25, 0.3) is 0 Å². The number of benzene rings is 1. The van der Waals surface area contributed by atoms with E-state index < -0.39 is 0 Å². The van der Waals surface area contributed by atoms with Crippen LogP contribution < -0.4 is 5.73 Å². The number of aliphatic imine (C=N–C) groups is 1. The van der Waals surface area contributed by atoms with Gasteiger partial charge in [0.05, 0.1) is 0 Å². The van der Waals surface area contributed by atoms with Crippen LogP contribution in [-0.2, 0) is 4.79 Å². The van der Waals surface area contributed by atoms with Crippen LogP contribution in [0.4, 0.5) is 0 Å². The summed E-state index contributed by atoms with van der Waals surface area (Å²) in [4.78, 5) is 18.1. The SMILES string of the molecule is CN=C1CCN(C(C)=O)CC1=C(N)c1cn(C(C)C)c2ccccc12. The first kappa shape index (κ1) is 17.3. The first-order chi connectivity index (χ1) is 11.9. The third kappa shape index (κ3) is 3.06. The Morgan fingerprint density at radius 3 is 2.64 bits per heavy atom. The molecule has 25 heavy (non-hydrogen) atoms. The van der Waals surface area contributed by atoms with Crippen molar-refractivity contribution >= 4 is 28.2 Å². The number of para-hydroxylation sites is 1. The molecule has 0 spiro atoms. The standard InChI is InChI=1S/C20H26N4O/c1-13(2)24-12-16(15-7-5-6-8-19(15)24)20(21)17-11-23(14(3)25)10-9-18(17)22-4/h5-8,12-13H,9-11,21H2,1-4H3. The fourth-order valence-corrected chi connectivity index (χ4v) is 3.52. The molecule has 2 N–H and O–H groups in total. The van der Waals surface area contributed by atoms with E-state index in [1.807, 2.05) is 17.0 Å². The summed E-state index contributed by atoms with van der Waals surface area (Å²) in [6, 6.07) is 8.65. The smallest absolute Gasteiger partial charge is 0.219 e. The number of carbonyl (C=O) groups is 1. The van der Waals surface area contributed by atoms with Crippen molar-refractivity contribution < 1.29 is 4.79 Å². The maximum Gasteiger partial charge on any atom is 0.219 e. The number of nitrogens with two attached hydrogens (primary N) is 1. The van der Waals surface area contributed by atoms with Crippen LogP contribution in [0.5, 0.6) is 0 Å². The molecule has 1 aromatic carbocycles. The zero-order valence-electron chi connectivity index (χ0n) is 15.4. The Labute approximate surface area is 148 Å². The second-order valence-electron chi connectivity index (χ2n) is 6.81. The minimum atomic E-state index is 0.0741. The molecule has 132 valence electrons. The zero-order valence-corrected chi connectivity index (χ0v) is 15.4. The molecule has 0 aliphatic carbocycles. The number of nitrogens with zero attached hydrogens (tertiary/aromatic N) is 3. The van der Waals surface area contributed by atoms with Gasteiger partial charge in [-0.3, -0.25) is 9.79 Å². The molecule has 2 aromatic rings. The molecule has 1 amide bonds. The van der Waals surface area contributed by atoms with Crippen LogP contribution in [0, 0.1) is 0 Å². The first-order valence-corrected chi connectivity index (χ1v) is 8.74. The summed E-state index contributed by atoms with van der Waals surface area (Å²) >= 11 is 0. The molecule has 1 aliphatic rings. The van der Waals surface area contributed by atoms with Crippen molar-refractivity contribution in [3.8, 4) is 0 Å². The number of hydrogen-bond acceptors (Lipinski definition) is 3. The van der Waals surface area contributed by atoms with Crippen molar-refractivity contribution in [3.63, 3.8) is 0 Å². The summed E-state index contributed by atoms with van der Waals surface area (Å²) < 4.78 is 2.24. The van der Waals surface area contributed by atoms with Crippen LogP contribution in [0.2, 0.25) is 0 Å². The van der Waals surface area contributed by atoms with Crippen molar-refractivity contribution in [2.45, 2.75) is 33.2 Å². The van der Waals surface area contributed by atoms with Gasteiger partial charge in [-0.05, 0) is 19.9 Å². The lowest BCUT2D eigenvalue weighted by atomic mass is 9.96. The highest BCUT2D eigenvalue weighted by molar-refractivity contribution is 6.09. The number of amides is 1. The first-order valence-electron chi connectivity index (χ1n) is 8.74. The van der Waals surface area contributed by atoms with E-state index in [-0.39, 0.29) is 5.91 Å². The molecule has 0 bridgehead atoms. The van der Waals surface area contributed by atoms with Crippen LogP contribution in [0.25, 0.3) is 16.6 Å². The molecule has 2 heterocycles. The molecular formula is C20H26N4O. The zero-order chi connectivity index (χ0) is 18.1. The lowest BCUT2D eigenvalue weighted by molar-refractivity contribution is -0.128. The Morgan fingerprint density at radius 2 is 2.00 bits per heavy atom. The van der Waals surface area contributed by atoms with Gasteiger partial charge in [0.2, 0.25) is 5.91 Å². The number of likely N-dealkylation sites (tertiary alicyclic amines) is 1. The van der Waals surface area contributed by atoms with Gasteiger partial charge in [-0.2, -0.15) is 0 Å². The van der Waals surface area contributed by atoms with Crippen LogP contribution >= 0.6 is 0 Å². The lowest BCUT2D eigenvalue weighted by Crippen LogP contribution is -2.39. The molecule has 0 radical (unpaired) electrons. The fourth-order valence-electron chi connectivity index (χ4n) is 3.52. The van der Waals surface area contributed by atoms with E-state index >= 15 is 0 Å². The van der Waals surface area contributed by atoms with E-state index in [1.54, 1.807) is 14.0 Å². The minimum Gasteiger partial charge on any atom is -0.398 e. The maximum absolute atomic E-state index is 11.8. The number of carbonyl (C=O) groups excluding carboxylic acids is 1. The maximum atomic E-state index is 11.8. The van der Waals surface area contributed by atoms with Gasteiger partial charge in [-0.15, -0.1) is 0 Å². The number of piperidine rings is 1. The molecule has 0 unspecified atom stereocenters. The van der Waals surface area contributed by atoms with Crippen molar-refractivity contribution in [1.82, 2.24) is 9.47 Å². The molecule has 3 rings (SSSR count). The van der Waals surface area contributed by atoms with Crippen LogP contribution in [0.3, 0.4) is 0 Å². The van der Waals surface area contributed by atoms with Crippen molar-refractivity contribution in [3.05, 3.63) is 41.6 Å². The van der Waals surface area contributed by atoms with E-state index in [0.717, 1.165) is 34.4 Å². The molecule has 0 atom stereocenters. The summed E-state index contributed by atoms with van der Waals surface area (Å²) in [7, 11) is 1.80. The number of hydrogen-bond donors (Lipinski definition) is 1. The molecule has 1 fully saturated rings. The lowest BCUT2D eigenvalue weighted by Gasteiger charge is -2.30. The number of rotatable bonds is 2. The molecule has 0 saturated carbocycles. The second-order valence-corrected chi connectivity index (χ2v) is 6.81. The summed E-state index contributed by atoms with van der Waals surface area (Å²) in [6.07, 6.45) is 2.87. The number of fused-ring (bicyclic) bond motifs is 1. The fraction of sp³-hybridized carbons (Fsp3) is 0.400. The third-order valence-corrected chi connectivity index (χ3v) is 4.94. The Hall–Kier alpha value is -2.56. The van der Waals surface area contributed by atoms with Crippen LogP contribution in [0.15, 0.2) is 41.0 Å². The average molecular weight is 338 g/mol. The molecular weight excluding hydrogens is 312 g/mol. The highest BCUT2D eigenvalue weighted by Crippen LogP contribution is 2.30. The van der Waals surface area contributed by atoms with Gasteiger partial charge in [0, 0.05) is 79.2 Å². The summed E-state index contributed by atoms with van der Waals surface area (Å²) in [5.74, 6) is 0.0741. The number of aromatic nitrogens is 1. The Bertz CT molecular complexity index is 873. The van der Waals surface area contributed by atoms with Gasteiger partial charge >= 0.3 is 0 Å². The quantitative estimate of drug-likeness (QED) is 0.914. The van der Waals surface area contributed by atoms with Crippen LogP contribution in [0.1, 0.15) is 38.8 Å². The summed E-state index contributed by atoms with van der Waals surface area (Å²) in [6.45, 7) is 7.15. The van der Waals surface area contributed by atoms with E-state index in [0.29, 0.717) is 19.1 Å². The molecule has 1 aromatic heterocycles. The normalized spacial score (nSPS) is 19.1. The third-order valence-electron chi connectivity index (χ3n) is 4.94. The van der Waals surface area contributed by atoms with Gasteiger partial charge < -0.3 is 15.2 Å². The summed E-state index contributed by atoms with van der Waals surface area (Å²) in [5, 5.41) is 1.14. The van der Waals surface area contributed by atoms with Crippen molar-refractivity contribution in [1.29, 1.82) is 0 Å². The van der Waals surface area contributed by atoms with E-state index in [4.69, 9.17) is 5.73 Å². The predicted molar refractivity (Wildman–Crippen MR) is 104 cm³/mol. The minimum absolute atomic E-state index is 0.0741. The Morgan fingerprint density at radius 1 is 1.28 bits per heavy atom. The highest BCUT2D eigenvalue weighted by Gasteiger charge is 2.25. The molecule has 1 aliphatic heterocycles. The Balaban J connectivity index is 2.18. The van der Waals surface area contributed by atoms with Gasteiger partial charge in [-0.25, -0.2) is 0 Å². The van der Waals surface area contributed by atoms with Gasteiger partial charge in [0.1, 0.15) is 0 Å². The van der Waals surface area contributed by atoms with E-state index in [1.165, 1.54) is 5.52 Å². The van der Waals surface area contributed by atoms with E-state index in [9.17, 15) is 4.79 Å². The highest BCUT2D eigenvalue weighted by atomic mass is 16.2. The predicted octanol–water partition coefficient (Wildman–Crippen LogP) is 3.22. The topological polar surface area (TPSA) is 63.6 Å². The van der Waals surface area contributed by atoms with E-state index in [2.05, 4.69) is 41.7 Å². The molecule has 5 heteroatoms. The Kier molecular flexibility index (Phi) is 4.66. The van der Waals surface area contributed by atoms with Crippen molar-refractivity contribution in [2.24, 2.45) is 10.7 Å². The molecule has 1 saturated heterocycles. The van der Waals surface area contributed by atoms with Gasteiger partial charge in [-0.1, -0.05) is 18.2 Å². The van der Waals surface area contributed by atoms with Crippen molar-refractivity contribution in [2.75, 3.05) is 20.1 Å². The second kappa shape index (κ2) is 6.75.